The molecule has 0 spiro atoms. The third-order valence-corrected chi connectivity index (χ3v) is 3.59. The Labute approximate surface area is 104 Å². The van der Waals surface area contributed by atoms with Gasteiger partial charge in [0.2, 0.25) is 0 Å². The van der Waals surface area contributed by atoms with Crippen LogP contribution in [0.15, 0.2) is 30.3 Å². The van der Waals surface area contributed by atoms with E-state index in [9.17, 15) is 0 Å². The zero-order valence-corrected chi connectivity index (χ0v) is 10.6. The van der Waals surface area contributed by atoms with E-state index in [0.29, 0.717) is 0 Å². The summed E-state index contributed by atoms with van der Waals surface area (Å²) in [5, 5.41) is 0. The molecule has 0 saturated heterocycles. The van der Waals surface area contributed by atoms with Crippen LogP contribution >= 0.6 is 22.9 Å². The van der Waals surface area contributed by atoms with E-state index in [4.69, 9.17) is 17.3 Å². The summed E-state index contributed by atoms with van der Waals surface area (Å²) in [6.45, 7) is 1.97. The maximum Gasteiger partial charge on any atom is 0.0931 e. The first kappa shape index (κ1) is 11.6. The highest BCUT2D eigenvalue weighted by atomic mass is 35.5. The van der Waals surface area contributed by atoms with Gasteiger partial charge in [0.15, 0.2) is 0 Å². The van der Waals surface area contributed by atoms with Gasteiger partial charge in [-0.3, -0.25) is 4.98 Å². The van der Waals surface area contributed by atoms with Crippen LogP contribution in [0.1, 0.15) is 22.3 Å². The predicted octanol–water partition coefficient (Wildman–Crippen LogP) is 3.35. The highest BCUT2D eigenvalue weighted by Gasteiger charge is 2.10. The second kappa shape index (κ2) is 4.95. The molecule has 0 amide bonds. The van der Waals surface area contributed by atoms with E-state index >= 15 is 0 Å². The molecule has 2 N–H and O–H groups in total. The number of aryl methyl sites for hydroxylation is 1. The van der Waals surface area contributed by atoms with Crippen LogP contribution in [0.25, 0.3) is 0 Å². The van der Waals surface area contributed by atoms with Crippen molar-refractivity contribution in [1.29, 1.82) is 0 Å². The predicted molar refractivity (Wildman–Crippen MR) is 68.9 cm³/mol. The van der Waals surface area contributed by atoms with E-state index in [-0.39, 0.29) is 6.04 Å². The number of pyridine rings is 1. The van der Waals surface area contributed by atoms with Crippen molar-refractivity contribution in [2.75, 3.05) is 0 Å². The molecule has 4 heteroatoms. The van der Waals surface area contributed by atoms with E-state index in [0.717, 1.165) is 22.1 Å². The smallest absolute Gasteiger partial charge is 0.0931 e. The molecule has 0 aliphatic heterocycles. The lowest BCUT2D eigenvalue weighted by molar-refractivity contribution is 0.700. The van der Waals surface area contributed by atoms with Crippen molar-refractivity contribution >= 4 is 22.9 Å². The molecule has 0 aromatic carbocycles. The fourth-order valence-electron chi connectivity index (χ4n) is 1.55. The second-order valence-electron chi connectivity index (χ2n) is 3.72. The molecule has 0 saturated carbocycles. The van der Waals surface area contributed by atoms with Crippen LogP contribution in [-0.2, 0) is 6.42 Å². The fraction of sp³-hybridized carbons (Fsp3) is 0.250. The van der Waals surface area contributed by atoms with E-state index in [1.807, 2.05) is 37.3 Å². The molecule has 2 aromatic rings. The number of thiophene rings is 1. The molecule has 1 unspecified atom stereocenters. The minimum absolute atomic E-state index is 0.0605. The van der Waals surface area contributed by atoms with Crippen molar-refractivity contribution in [3.63, 3.8) is 0 Å². The number of aromatic nitrogens is 1. The molecule has 1 atom stereocenters. The highest BCUT2D eigenvalue weighted by Crippen LogP contribution is 2.25. The molecular formula is C12H13ClN2S. The molecule has 84 valence electrons. The second-order valence-corrected chi connectivity index (χ2v) is 5.52. The van der Waals surface area contributed by atoms with E-state index < -0.39 is 0 Å². The van der Waals surface area contributed by atoms with Gasteiger partial charge in [0.1, 0.15) is 0 Å². The largest absolute Gasteiger partial charge is 0.322 e. The minimum atomic E-state index is -0.0605. The summed E-state index contributed by atoms with van der Waals surface area (Å²) in [6, 6.07) is 9.78. The summed E-state index contributed by atoms with van der Waals surface area (Å²) in [6.07, 6.45) is 0.786. The minimum Gasteiger partial charge on any atom is -0.322 e. The average molecular weight is 253 g/mol. The van der Waals surface area contributed by atoms with Crippen molar-refractivity contribution in [1.82, 2.24) is 4.98 Å². The molecule has 16 heavy (non-hydrogen) atoms. The summed E-state index contributed by atoms with van der Waals surface area (Å²) in [4.78, 5) is 5.62. The summed E-state index contributed by atoms with van der Waals surface area (Å²) < 4.78 is 0.805. The quantitative estimate of drug-likeness (QED) is 0.910. The van der Waals surface area contributed by atoms with Gasteiger partial charge >= 0.3 is 0 Å². The van der Waals surface area contributed by atoms with Crippen LogP contribution in [0.4, 0.5) is 0 Å². The van der Waals surface area contributed by atoms with E-state index in [2.05, 4.69) is 4.98 Å². The Kier molecular flexibility index (Phi) is 3.59. The first-order valence-electron chi connectivity index (χ1n) is 5.08. The third-order valence-electron chi connectivity index (χ3n) is 2.34. The number of hydrogen-bond donors (Lipinski definition) is 1. The number of rotatable bonds is 3. The molecule has 0 aliphatic rings. The lowest BCUT2D eigenvalue weighted by Gasteiger charge is -2.10. The number of halogens is 1. The van der Waals surface area contributed by atoms with Crippen LogP contribution in [0.2, 0.25) is 4.34 Å². The van der Waals surface area contributed by atoms with E-state index in [1.54, 1.807) is 11.3 Å². The SMILES string of the molecule is Cc1cccc(C(N)Cc2ccc(Cl)s2)n1. The maximum atomic E-state index is 6.11. The van der Waals surface area contributed by atoms with Gasteiger partial charge in [-0.15, -0.1) is 11.3 Å². The van der Waals surface area contributed by atoms with Crippen LogP contribution in [0, 0.1) is 6.92 Å². The van der Waals surface area contributed by atoms with Gasteiger partial charge in [-0.05, 0) is 31.2 Å². The van der Waals surface area contributed by atoms with Crippen molar-refractivity contribution in [3.05, 3.63) is 50.9 Å². The van der Waals surface area contributed by atoms with Crippen LogP contribution in [0.3, 0.4) is 0 Å². The molecule has 2 nitrogen and oxygen atoms in total. The van der Waals surface area contributed by atoms with Gasteiger partial charge < -0.3 is 5.73 Å². The first-order valence-corrected chi connectivity index (χ1v) is 6.28. The van der Waals surface area contributed by atoms with Crippen molar-refractivity contribution in [2.24, 2.45) is 5.73 Å². The number of nitrogens with zero attached hydrogens (tertiary/aromatic N) is 1. The Morgan fingerprint density at radius 1 is 1.38 bits per heavy atom. The molecule has 0 bridgehead atoms. The molecular weight excluding hydrogens is 240 g/mol. The molecule has 2 aromatic heterocycles. The topological polar surface area (TPSA) is 38.9 Å². The monoisotopic (exact) mass is 252 g/mol. The molecule has 2 heterocycles. The van der Waals surface area contributed by atoms with Crippen molar-refractivity contribution < 1.29 is 0 Å². The van der Waals surface area contributed by atoms with Gasteiger partial charge in [-0.25, -0.2) is 0 Å². The van der Waals surface area contributed by atoms with Gasteiger partial charge in [-0.1, -0.05) is 17.7 Å². The van der Waals surface area contributed by atoms with Gasteiger partial charge in [0, 0.05) is 17.0 Å². The van der Waals surface area contributed by atoms with Gasteiger partial charge in [0.25, 0.3) is 0 Å². The zero-order valence-electron chi connectivity index (χ0n) is 8.98. The number of nitrogens with two attached hydrogens (primary N) is 1. The highest BCUT2D eigenvalue weighted by molar-refractivity contribution is 7.16. The van der Waals surface area contributed by atoms with Crippen LogP contribution in [-0.4, -0.2) is 4.98 Å². The standard InChI is InChI=1S/C12H13ClN2S/c1-8-3-2-4-11(15-8)10(14)7-9-5-6-12(13)16-9/h2-6,10H,7,14H2,1H3. The molecule has 2 rings (SSSR count). The fourth-order valence-corrected chi connectivity index (χ4v) is 2.70. The first-order chi connectivity index (χ1) is 7.65. The normalized spacial score (nSPS) is 12.7. The van der Waals surface area contributed by atoms with Crippen molar-refractivity contribution in [3.8, 4) is 0 Å². The number of hydrogen-bond acceptors (Lipinski definition) is 3. The van der Waals surface area contributed by atoms with Crippen LogP contribution < -0.4 is 5.73 Å². The Hall–Kier alpha value is -0.900. The summed E-state index contributed by atoms with van der Waals surface area (Å²) in [5.74, 6) is 0. The molecule has 0 fully saturated rings. The van der Waals surface area contributed by atoms with Gasteiger partial charge in [0.05, 0.1) is 16.1 Å². The summed E-state index contributed by atoms with van der Waals surface area (Å²) in [7, 11) is 0. The van der Waals surface area contributed by atoms with E-state index in [1.165, 1.54) is 4.88 Å². The maximum absolute atomic E-state index is 6.11. The van der Waals surface area contributed by atoms with Crippen LogP contribution in [0.5, 0.6) is 0 Å². The summed E-state index contributed by atoms with van der Waals surface area (Å²) in [5.41, 5.74) is 8.04. The lowest BCUT2D eigenvalue weighted by Crippen LogP contribution is -2.14. The molecule has 0 radical (unpaired) electrons. The Bertz CT molecular complexity index is 481. The lowest BCUT2D eigenvalue weighted by atomic mass is 10.1. The van der Waals surface area contributed by atoms with Gasteiger partial charge in [-0.2, -0.15) is 0 Å². The zero-order chi connectivity index (χ0) is 11.5. The Balaban J connectivity index is 2.11. The Morgan fingerprint density at radius 2 is 2.19 bits per heavy atom. The third kappa shape index (κ3) is 2.82. The molecule has 0 aliphatic carbocycles. The van der Waals surface area contributed by atoms with Crippen molar-refractivity contribution in [2.45, 2.75) is 19.4 Å². The summed E-state index contributed by atoms with van der Waals surface area (Å²) >= 11 is 7.45. The average Bonchev–Trinajstić information content (AvgIpc) is 2.64. The Morgan fingerprint density at radius 3 is 2.81 bits per heavy atom.